The van der Waals surface area contributed by atoms with E-state index in [0.29, 0.717) is 6.42 Å². The molecule has 0 saturated heterocycles. The summed E-state index contributed by atoms with van der Waals surface area (Å²) in [6, 6.07) is 2.36. The first-order valence-corrected chi connectivity index (χ1v) is 9.30. The van der Waals surface area contributed by atoms with Crippen LogP contribution in [0.2, 0.25) is 0 Å². The van der Waals surface area contributed by atoms with Gasteiger partial charge in [0.1, 0.15) is 9.84 Å². The summed E-state index contributed by atoms with van der Waals surface area (Å²) in [7, 11) is -2.85. The molecule has 0 aromatic carbocycles. The maximum atomic E-state index is 11.1. The zero-order valence-electron chi connectivity index (χ0n) is 10.1. The number of hydrogen-bond acceptors (Lipinski definition) is 4. The van der Waals surface area contributed by atoms with Crippen molar-refractivity contribution < 1.29 is 8.42 Å². The topological polar surface area (TPSA) is 46.2 Å². The molecule has 1 aromatic heterocycles. The van der Waals surface area contributed by atoms with Gasteiger partial charge in [-0.15, -0.1) is 11.3 Å². The lowest BCUT2D eigenvalue weighted by atomic mass is 10.1. The molecule has 1 atom stereocenters. The van der Waals surface area contributed by atoms with Crippen LogP contribution in [0.25, 0.3) is 0 Å². The Hall–Kier alpha value is 0.0900. The van der Waals surface area contributed by atoms with Crippen molar-refractivity contribution in [2.45, 2.75) is 25.8 Å². The maximum Gasteiger partial charge on any atom is 0.147 e. The lowest BCUT2D eigenvalue weighted by Crippen LogP contribution is -2.20. The predicted octanol–water partition coefficient (Wildman–Crippen LogP) is 2.99. The second-order valence-corrected chi connectivity index (χ2v) is 8.17. The molecule has 0 spiro atoms. The van der Waals surface area contributed by atoms with Gasteiger partial charge in [-0.05, 0) is 41.4 Å². The minimum atomic E-state index is -2.85. The van der Waals surface area contributed by atoms with Gasteiger partial charge >= 0.3 is 0 Å². The van der Waals surface area contributed by atoms with Gasteiger partial charge in [0.25, 0.3) is 0 Å². The zero-order valence-corrected chi connectivity index (χ0v) is 13.3. The molecular weight excluding hydrogens is 322 g/mol. The predicted molar refractivity (Wildman–Crippen MR) is 77.4 cm³/mol. The molecule has 0 radical (unpaired) electrons. The summed E-state index contributed by atoms with van der Waals surface area (Å²) in [6.45, 7) is 2.95. The molecule has 1 aromatic rings. The molecule has 0 amide bonds. The summed E-state index contributed by atoms with van der Waals surface area (Å²) in [6.07, 6.45) is 2.84. The largest absolute Gasteiger partial charge is 0.310 e. The molecule has 0 fully saturated rings. The number of rotatable bonds is 7. The summed E-state index contributed by atoms with van der Waals surface area (Å²) in [5.74, 6) is 0.265. The Morgan fingerprint density at radius 1 is 1.53 bits per heavy atom. The van der Waals surface area contributed by atoms with E-state index in [1.165, 1.54) is 11.1 Å². The fourth-order valence-corrected chi connectivity index (χ4v) is 3.90. The maximum absolute atomic E-state index is 11.1. The number of hydrogen-bond donors (Lipinski definition) is 1. The van der Waals surface area contributed by atoms with Crippen LogP contribution in [0, 0.1) is 0 Å². The van der Waals surface area contributed by atoms with Crippen molar-refractivity contribution in [1.82, 2.24) is 5.32 Å². The highest BCUT2D eigenvalue weighted by Crippen LogP contribution is 2.28. The average molecular weight is 340 g/mol. The Morgan fingerprint density at radius 3 is 2.71 bits per heavy atom. The third kappa shape index (κ3) is 5.99. The third-order valence-corrected chi connectivity index (χ3v) is 5.23. The van der Waals surface area contributed by atoms with Crippen LogP contribution in [0.3, 0.4) is 0 Å². The van der Waals surface area contributed by atoms with Crippen molar-refractivity contribution >= 4 is 37.1 Å². The average Bonchev–Trinajstić information content (AvgIpc) is 2.62. The summed E-state index contributed by atoms with van der Waals surface area (Å²) in [5.41, 5.74) is 0. The Morgan fingerprint density at radius 2 is 2.24 bits per heavy atom. The van der Waals surface area contributed by atoms with Crippen LogP contribution in [0.1, 0.15) is 30.7 Å². The molecule has 6 heteroatoms. The van der Waals surface area contributed by atoms with Crippen LogP contribution in [0.5, 0.6) is 0 Å². The van der Waals surface area contributed by atoms with E-state index in [1.54, 1.807) is 11.3 Å². The van der Waals surface area contributed by atoms with E-state index in [2.05, 4.69) is 39.6 Å². The number of thiophene rings is 1. The van der Waals surface area contributed by atoms with Crippen LogP contribution in [0.4, 0.5) is 0 Å². The van der Waals surface area contributed by atoms with Gasteiger partial charge in [0.05, 0.1) is 0 Å². The molecular formula is C11H18BrNO2S2. The van der Waals surface area contributed by atoms with E-state index in [9.17, 15) is 8.42 Å². The van der Waals surface area contributed by atoms with E-state index < -0.39 is 9.84 Å². The molecule has 0 aliphatic rings. The SMILES string of the molecule is CCNC(CCCS(C)(=O)=O)c1cc(Br)cs1. The van der Waals surface area contributed by atoms with E-state index >= 15 is 0 Å². The van der Waals surface area contributed by atoms with Gasteiger partial charge in [0.15, 0.2) is 0 Å². The fraction of sp³-hybridized carbons (Fsp3) is 0.636. The van der Waals surface area contributed by atoms with Crippen LogP contribution >= 0.6 is 27.3 Å². The highest BCUT2D eigenvalue weighted by molar-refractivity contribution is 9.10. The summed E-state index contributed by atoms with van der Waals surface area (Å²) >= 11 is 5.13. The highest BCUT2D eigenvalue weighted by atomic mass is 79.9. The molecule has 1 N–H and O–H groups in total. The van der Waals surface area contributed by atoms with Gasteiger partial charge in [-0.3, -0.25) is 0 Å². The Labute approximate surface area is 116 Å². The first-order chi connectivity index (χ1) is 7.92. The number of sulfone groups is 1. The molecule has 17 heavy (non-hydrogen) atoms. The molecule has 0 bridgehead atoms. The normalized spacial score (nSPS) is 13.8. The third-order valence-electron chi connectivity index (χ3n) is 2.39. The minimum Gasteiger partial charge on any atom is -0.310 e. The quantitative estimate of drug-likeness (QED) is 0.830. The van der Waals surface area contributed by atoms with Crippen LogP contribution in [-0.4, -0.2) is 27.0 Å². The van der Waals surface area contributed by atoms with Gasteiger partial charge < -0.3 is 5.32 Å². The van der Waals surface area contributed by atoms with Crippen LogP contribution in [0.15, 0.2) is 15.9 Å². The second kappa shape index (κ2) is 6.87. The summed E-state index contributed by atoms with van der Waals surface area (Å²) < 4.78 is 23.3. The van der Waals surface area contributed by atoms with E-state index in [4.69, 9.17) is 0 Å². The van der Waals surface area contributed by atoms with Gasteiger partial charge in [0, 0.05) is 32.8 Å². The van der Waals surface area contributed by atoms with Gasteiger partial charge in [0.2, 0.25) is 0 Å². The highest BCUT2D eigenvalue weighted by Gasteiger charge is 2.13. The van der Waals surface area contributed by atoms with Crippen molar-refractivity contribution in [3.05, 3.63) is 20.8 Å². The van der Waals surface area contributed by atoms with Gasteiger partial charge in [-0.1, -0.05) is 6.92 Å². The van der Waals surface area contributed by atoms with Gasteiger partial charge in [-0.2, -0.15) is 0 Å². The van der Waals surface area contributed by atoms with Crippen molar-refractivity contribution in [1.29, 1.82) is 0 Å². The molecule has 1 unspecified atom stereocenters. The van der Waals surface area contributed by atoms with E-state index in [-0.39, 0.29) is 11.8 Å². The second-order valence-electron chi connectivity index (χ2n) is 4.05. The molecule has 1 heterocycles. The lowest BCUT2D eigenvalue weighted by Gasteiger charge is -2.15. The molecule has 0 saturated carbocycles. The van der Waals surface area contributed by atoms with Crippen molar-refractivity contribution in [2.75, 3.05) is 18.6 Å². The lowest BCUT2D eigenvalue weighted by molar-refractivity contribution is 0.514. The van der Waals surface area contributed by atoms with E-state index in [1.807, 2.05) is 0 Å². The monoisotopic (exact) mass is 339 g/mol. The first-order valence-electron chi connectivity index (χ1n) is 5.57. The van der Waals surface area contributed by atoms with Crippen molar-refractivity contribution in [3.8, 4) is 0 Å². The van der Waals surface area contributed by atoms with E-state index in [0.717, 1.165) is 17.4 Å². The van der Waals surface area contributed by atoms with Crippen LogP contribution < -0.4 is 5.32 Å². The molecule has 3 nitrogen and oxygen atoms in total. The Balaban J connectivity index is 2.55. The smallest absolute Gasteiger partial charge is 0.147 e. The van der Waals surface area contributed by atoms with Crippen molar-refractivity contribution in [3.63, 3.8) is 0 Å². The standard InChI is InChI=1S/C11H18BrNO2S2/c1-3-13-10(5-4-6-17(2,14)15)11-7-9(12)8-16-11/h7-8,10,13H,3-6H2,1-2H3. The molecule has 98 valence electrons. The molecule has 0 aliphatic carbocycles. The molecule has 1 rings (SSSR count). The fourth-order valence-electron chi connectivity index (χ4n) is 1.65. The van der Waals surface area contributed by atoms with Crippen molar-refractivity contribution in [2.24, 2.45) is 0 Å². The summed E-state index contributed by atoms with van der Waals surface area (Å²) in [5, 5.41) is 5.45. The van der Waals surface area contributed by atoms with Gasteiger partial charge in [-0.25, -0.2) is 8.42 Å². The Bertz CT molecular complexity index is 442. The Kier molecular flexibility index (Phi) is 6.12. The first kappa shape index (κ1) is 15.1. The minimum absolute atomic E-state index is 0.262. The zero-order chi connectivity index (χ0) is 12.9. The molecule has 0 aliphatic heterocycles. The number of halogens is 1. The summed E-state index contributed by atoms with van der Waals surface area (Å²) in [4.78, 5) is 1.26. The van der Waals surface area contributed by atoms with Crippen LogP contribution in [-0.2, 0) is 9.84 Å². The number of nitrogens with one attached hydrogen (secondary N) is 1.